The molecule has 2 aromatic heterocycles. The number of nitrogens with two attached hydrogens (primary N) is 1. The van der Waals surface area contributed by atoms with Gasteiger partial charge >= 0.3 is 0 Å². The summed E-state index contributed by atoms with van der Waals surface area (Å²) in [5.41, 5.74) is 8.49. The Hall–Kier alpha value is -1.39. The van der Waals surface area contributed by atoms with E-state index in [1.165, 1.54) is 10.9 Å². The van der Waals surface area contributed by atoms with Gasteiger partial charge in [0, 0.05) is 23.8 Å². The van der Waals surface area contributed by atoms with E-state index >= 15 is 0 Å². The highest BCUT2D eigenvalue weighted by molar-refractivity contribution is 5.80. The van der Waals surface area contributed by atoms with Gasteiger partial charge in [-0.05, 0) is 50.3 Å². The van der Waals surface area contributed by atoms with Gasteiger partial charge in [-0.1, -0.05) is 6.92 Å². The highest BCUT2D eigenvalue weighted by Gasteiger charge is 2.23. The molecule has 0 aromatic carbocycles. The summed E-state index contributed by atoms with van der Waals surface area (Å²) in [4.78, 5) is 4.56. The van der Waals surface area contributed by atoms with Crippen molar-refractivity contribution in [1.29, 1.82) is 0 Å². The quantitative estimate of drug-likeness (QED) is 0.920. The normalized spacial score (nSPS) is 23.8. The van der Waals surface area contributed by atoms with E-state index < -0.39 is 0 Å². The Kier molecular flexibility index (Phi) is 4.27. The molecule has 0 radical (unpaired) electrons. The van der Waals surface area contributed by atoms with Gasteiger partial charge in [0.1, 0.15) is 5.65 Å². The molecule has 1 aliphatic heterocycles. The topological polar surface area (TPSA) is 53.1 Å². The molecule has 2 aromatic rings. The first-order valence-corrected chi connectivity index (χ1v) is 8.01. The van der Waals surface area contributed by atoms with E-state index in [9.17, 15) is 0 Å². The summed E-state index contributed by atoms with van der Waals surface area (Å²) in [6.07, 6.45) is 8.98. The minimum Gasteiger partial charge on any atom is -0.373 e. The molecular formula is C17H25N3O. The van der Waals surface area contributed by atoms with Crippen LogP contribution in [0.25, 0.3) is 11.0 Å². The highest BCUT2D eigenvalue weighted by atomic mass is 16.5. The Morgan fingerprint density at radius 1 is 1.48 bits per heavy atom. The number of hydrogen-bond acceptors (Lipinski definition) is 3. The molecule has 4 heteroatoms. The predicted molar refractivity (Wildman–Crippen MR) is 85.3 cm³/mol. The maximum Gasteiger partial charge on any atom is 0.140 e. The molecule has 1 fully saturated rings. The van der Waals surface area contributed by atoms with Crippen LogP contribution in [0.2, 0.25) is 0 Å². The molecule has 1 saturated heterocycles. The average Bonchev–Trinajstić information content (AvgIpc) is 3.04. The summed E-state index contributed by atoms with van der Waals surface area (Å²) in [5, 5.41) is 1.23. The van der Waals surface area contributed by atoms with E-state index in [2.05, 4.69) is 35.7 Å². The molecule has 0 saturated carbocycles. The minimum atomic E-state index is 0.215. The lowest BCUT2D eigenvalue weighted by Gasteiger charge is -2.12. The lowest BCUT2D eigenvalue weighted by Crippen LogP contribution is -2.21. The fraction of sp³-hybridized carbons (Fsp3) is 0.588. The van der Waals surface area contributed by atoms with Gasteiger partial charge in [0.15, 0.2) is 0 Å². The zero-order valence-electron chi connectivity index (χ0n) is 13.0. The lowest BCUT2D eigenvalue weighted by molar-refractivity contribution is 0.0464. The summed E-state index contributed by atoms with van der Waals surface area (Å²) >= 11 is 0. The highest BCUT2D eigenvalue weighted by Crippen LogP contribution is 2.25. The first-order chi connectivity index (χ1) is 10.2. The van der Waals surface area contributed by atoms with Crippen molar-refractivity contribution in [2.75, 3.05) is 0 Å². The number of fused-ring (bicyclic) bond motifs is 1. The molecule has 0 bridgehead atoms. The number of aromatic nitrogens is 2. The van der Waals surface area contributed by atoms with Crippen LogP contribution in [0.15, 0.2) is 24.5 Å². The van der Waals surface area contributed by atoms with Crippen LogP contribution >= 0.6 is 0 Å². The van der Waals surface area contributed by atoms with Gasteiger partial charge in [-0.2, -0.15) is 0 Å². The average molecular weight is 287 g/mol. The molecule has 2 N–H and O–H groups in total. The molecule has 3 rings (SSSR count). The summed E-state index contributed by atoms with van der Waals surface area (Å²) in [5.74, 6) is 0. The van der Waals surface area contributed by atoms with Crippen LogP contribution in [-0.4, -0.2) is 27.8 Å². The second-order valence-corrected chi connectivity index (χ2v) is 6.20. The fourth-order valence-electron chi connectivity index (χ4n) is 3.16. The maximum atomic E-state index is 6.13. The third kappa shape index (κ3) is 3.11. The molecule has 3 unspecified atom stereocenters. The number of hydrogen-bond donors (Lipinski definition) is 1. The largest absolute Gasteiger partial charge is 0.373 e. The van der Waals surface area contributed by atoms with Crippen molar-refractivity contribution in [2.45, 2.75) is 64.3 Å². The zero-order valence-corrected chi connectivity index (χ0v) is 13.0. The van der Waals surface area contributed by atoms with Crippen LogP contribution in [0.4, 0.5) is 0 Å². The molecule has 1 aliphatic rings. The minimum absolute atomic E-state index is 0.215. The van der Waals surface area contributed by atoms with Gasteiger partial charge in [0.05, 0.1) is 18.8 Å². The number of pyridine rings is 1. The third-order valence-electron chi connectivity index (χ3n) is 4.44. The van der Waals surface area contributed by atoms with Crippen LogP contribution in [0.1, 0.15) is 38.7 Å². The van der Waals surface area contributed by atoms with Crippen molar-refractivity contribution in [1.82, 2.24) is 9.55 Å². The molecule has 0 aliphatic carbocycles. The first-order valence-electron chi connectivity index (χ1n) is 8.01. The van der Waals surface area contributed by atoms with Gasteiger partial charge < -0.3 is 15.0 Å². The fourth-order valence-corrected chi connectivity index (χ4v) is 3.16. The summed E-state index contributed by atoms with van der Waals surface area (Å²) < 4.78 is 8.20. The molecular weight excluding hydrogens is 262 g/mol. The Morgan fingerprint density at radius 2 is 2.33 bits per heavy atom. The number of ether oxygens (including phenoxy) is 1. The first kappa shape index (κ1) is 14.5. The second kappa shape index (κ2) is 6.16. The zero-order chi connectivity index (χ0) is 14.8. The summed E-state index contributed by atoms with van der Waals surface area (Å²) in [6, 6.07) is 4.36. The van der Waals surface area contributed by atoms with Gasteiger partial charge in [0.2, 0.25) is 0 Å². The van der Waals surface area contributed by atoms with Crippen molar-refractivity contribution in [2.24, 2.45) is 5.73 Å². The van der Waals surface area contributed by atoms with E-state index in [4.69, 9.17) is 10.5 Å². The van der Waals surface area contributed by atoms with Crippen LogP contribution < -0.4 is 5.73 Å². The molecule has 0 amide bonds. The molecule has 21 heavy (non-hydrogen) atoms. The second-order valence-electron chi connectivity index (χ2n) is 6.20. The van der Waals surface area contributed by atoms with Crippen molar-refractivity contribution in [3.8, 4) is 0 Å². The van der Waals surface area contributed by atoms with Crippen LogP contribution in [-0.2, 0) is 17.7 Å². The van der Waals surface area contributed by atoms with Crippen LogP contribution in [0, 0.1) is 0 Å². The summed E-state index contributed by atoms with van der Waals surface area (Å²) in [7, 11) is 0. The van der Waals surface area contributed by atoms with Crippen molar-refractivity contribution >= 4 is 11.0 Å². The Bertz CT molecular complexity index is 607. The van der Waals surface area contributed by atoms with Gasteiger partial charge in [0.25, 0.3) is 0 Å². The Balaban J connectivity index is 1.87. The maximum absolute atomic E-state index is 6.13. The lowest BCUT2D eigenvalue weighted by atomic mass is 10.1. The summed E-state index contributed by atoms with van der Waals surface area (Å²) in [6.45, 7) is 5.17. The van der Waals surface area contributed by atoms with Gasteiger partial charge in [-0.15, -0.1) is 0 Å². The number of rotatable bonds is 5. The third-order valence-corrected chi connectivity index (χ3v) is 4.44. The monoisotopic (exact) mass is 287 g/mol. The molecule has 114 valence electrons. The molecule has 3 heterocycles. The Morgan fingerprint density at radius 3 is 3.05 bits per heavy atom. The predicted octanol–water partition coefficient (Wildman–Crippen LogP) is 2.88. The van der Waals surface area contributed by atoms with E-state index in [-0.39, 0.29) is 6.04 Å². The van der Waals surface area contributed by atoms with E-state index in [0.717, 1.165) is 37.9 Å². The van der Waals surface area contributed by atoms with Crippen LogP contribution in [0.5, 0.6) is 0 Å². The van der Waals surface area contributed by atoms with E-state index in [1.807, 2.05) is 12.3 Å². The van der Waals surface area contributed by atoms with Crippen molar-refractivity contribution < 1.29 is 4.74 Å². The number of nitrogens with zero attached hydrogens (tertiary/aromatic N) is 2. The van der Waals surface area contributed by atoms with Gasteiger partial charge in [-0.3, -0.25) is 0 Å². The van der Waals surface area contributed by atoms with Crippen molar-refractivity contribution in [3.63, 3.8) is 0 Å². The standard InChI is InChI=1S/C17H25N3O/c1-3-14(18)9-13-10-20(11-15-7-6-12(2)21-15)17-16(13)5-4-8-19-17/h4-5,8,10,12,14-15H,3,6-7,9,11,18H2,1-2H3. The van der Waals surface area contributed by atoms with Crippen LogP contribution in [0.3, 0.4) is 0 Å². The van der Waals surface area contributed by atoms with Gasteiger partial charge in [-0.25, -0.2) is 4.98 Å². The van der Waals surface area contributed by atoms with E-state index in [1.54, 1.807) is 0 Å². The van der Waals surface area contributed by atoms with Crippen molar-refractivity contribution in [3.05, 3.63) is 30.1 Å². The SMILES string of the molecule is CCC(N)Cc1cn(CC2CCC(C)O2)c2ncccc12. The Labute approximate surface area is 126 Å². The molecule has 4 nitrogen and oxygen atoms in total. The molecule has 3 atom stereocenters. The van der Waals surface area contributed by atoms with E-state index in [0.29, 0.717) is 12.2 Å². The smallest absolute Gasteiger partial charge is 0.140 e. The molecule has 0 spiro atoms.